The lowest BCUT2D eigenvalue weighted by molar-refractivity contribution is 0.669. The van der Waals surface area contributed by atoms with E-state index in [-0.39, 0.29) is 0 Å². The van der Waals surface area contributed by atoms with Gasteiger partial charge in [0, 0.05) is 27.5 Å². The Kier molecular flexibility index (Phi) is 7.53. The molecule has 0 saturated carbocycles. The fourth-order valence-electron chi connectivity index (χ4n) is 8.50. The number of fused-ring (bicyclic) bond motifs is 7. The maximum Gasteiger partial charge on any atom is 0.135 e. The quantitative estimate of drug-likeness (QED) is 0.160. The first-order valence-electron chi connectivity index (χ1n) is 19.2. The first kappa shape index (κ1) is 32.0. The molecule has 0 saturated heterocycles. The SMILES string of the molecule is c1cc(-c2ccc(N(c3ccc(-c4ccc5oc6ccccc6c5c4)cc3)c3cc4ccccc4c4ccccc34)cc2)cc(-c2cccc3ccccc23)c1. The highest BCUT2D eigenvalue weighted by Gasteiger charge is 2.18. The third-order valence-corrected chi connectivity index (χ3v) is 11.2. The molecule has 0 fully saturated rings. The van der Waals surface area contributed by atoms with E-state index >= 15 is 0 Å². The van der Waals surface area contributed by atoms with Crippen molar-refractivity contribution < 1.29 is 4.42 Å². The van der Waals surface area contributed by atoms with Crippen LogP contribution in [0.2, 0.25) is 0 Å². The minimum absolute atomic E-state index is 0.907. The highest BCUT2D eigenvalue weighted by molar-refractivity contribution is 6.14. The van der Waals surface area contributed by atoms with Crippen LogP contribution in [0.4, 0.5) is 17.1 Å². The van der Waals surface area contributed by atoms with Gasteiger partial charge in [0.15, 0.2) is 0 Å². The van der Waals surface area contributed by atoms with Gasteiger partial charge in [-0.2, -0.15) is 0 Å². The lowest BCUT2D eigenvalue weighted by Gasteiger charge is -2.28. The summed E-state index contributed by atoms with van der Waals surface area (Å²) in [5.74, 6) is 0. The van der Waals surface area contributed by atoms with Gasteiger partial charge in [-0.25, -0.2) is 0 Å². The maximum atomic E-state index is 6.13. The predicted molar refractivity (Wildman–Crippen MR) is 237 cm³/mol. The summed E-state index contributed by atoms with van der Waals surface area (Å²) in [7, 11) is 0. The molecule has 1 heterocycles. The third-order valence-electron chi connectivity index (χ3n) is 11.2. The van der Waals surface area contributed by atoms with E-state index in [0.717, 1.165) is 50.1 Å². The van der Waals surface area contributed by atoms with Crippen molar-refractivity contribution >= 4 is 71.3 Å². The van der Waals surface area contributed by atoms with Crippen LogP contribution in [0, 0.1) is 0 Å². The molecule has 0 unspecified atom stereocenters. The Bertz CT molecular complexity index is 3240. The average Bonchev–Trinajstić information content (AvgIpc) is 3.65. The van der Waals surface area contributed by atoms with Crippen molar-refractivity contribution in [1.29, 1.82) is 0 Å². The molecule has 262 valence electrons. The molecular weight excluding hydrogens is 679 g/mol. The molecular formula is C54H35NO. The summed E-state index contributed by atoms with van der Waals surface area (Å²) in [5, 5.41) is 9.71. The number of hydrogen-bond acceptors (Lipinski definition) is 2. The van der Waals surface area contributed by atoms with Crippen LogP contribution in [-0.2, 0) is 0 Å². The number of anilines is 3. The summed E-state index contributed by atoms with van der Waals surface area (Å²) in [5.41, 5.74) is 12.3. The van der Waals surface area contributed by atoms with E-state index in [1.54, 1.807) is 0 Å². The summed E-state index contributed by atoms with van der Waals surface area (Å²) in [6, 6.07) is 76.6. The topological polar surface area (TPSA) is 16.4 Å². The Morgan fingerprint density at radius 3 is 1.59 bits per heavy atom. The van der Waals surface area contributed by atoms with E-state index < -0.39 is 0 Å². The van der Waals surface area contributed by atoms with E-state index in [0.29, 0.717) is 0 Å². The van der Waals surface area contributed by atoms with Gasteiger partial charge in [-0.15, -0.1) is 0 Å². The summed E-state index contributed by atoms with van der Waals surface area (Å²) in [6.07, 6.45) is 0. The number of hydrogen-bond donors (Lipinski definition) is 0. The van der Waals surface area contributed by atoms with E-state index in [1.165, 1.54) is 54.6 Å². The molecule has 0 radical (unpaired) electrons. The number of furan rings is 1. The van der Waals surface area contributed by atoms with Crippen molar-refractivity contribution in [2.45, 2.75) is 0 Å². The Balaban J connectivity index is 1.02. The molecule has 2 heteroatoms. The maximum absolute atomic E-state index is 6.13. The molecule has 0 aliphatic heterocycles. The van der Waals surface area contributed by atoms with Gasteiger partial charge in [-0.1, -0.05) is 158 Å². The first-order chi connectivity index (χ1) is 27.7. The minimum atomic E-state index is 0.907. The molecule has 2 nitrogen and oxygen atoms in total. The first-order valence-corrected chi connectivity index (χ1v) is 19.2. The second-order valence-electron chi connectivity index (χ2n) is 14.5. The van der Waals surface area contributed by atoms with Gasteiger partial charge in [0.2, 0.25) is 0 Å². The molecule has 0 bridgehead atoms. The third kappa shape index (κ3) is 5.42. The summed E-state index contributed by atoms with van der Waals surface area (Å²) >= 11 is 0. The lowest BCUT2D eigenvalue weighted by atomic mass is 9.95. The molecule has 10 aromatic carbocycles. The van der Waals surface area contributed by atoms with Gasteiger partial charge >= 0.3 is 0 Å². The molecule has 56 heavy (non-hydrogen) atoms. The van der Waals surface area contributed by atoms with Crippen LogP contribution in [-0.4, -0.2) is 0 Å². The molecule has 1 aromatic heterocycles. The number of rotatable bonds is 6. The normalized spacial score (nSPS) is 11.6. The second kappa shape index (κ2) is 13.2. The minimum Gasteiger partial charge on any atom is -0.456 e. The van der Waals surface area contributed by atoms with Crippen LogP contribution in [0.3, 0.4) is 0 Å². The number of nitrogens with zero attached hydrogens (tertiary/aromatic N) is 1. The average molecular weight is 714 g/mol. The zero-order chi connectivity index (χ0) is 37.0. The summed E-state index contributed by atoms with van der Waals surface area (Å²) in [4.78, 5) is 2.40. The van der Waals surface area contributed by atoms with Gasteiger partial charge in [0.05, 0.1) is 5.69 Å². The highest BCUT2D eigenvalue weighted by Crippen LogP contribution is 2.43. The second-order valence-corrected chi connectivity index (χ2v) is 14.5. The molecule has 0 amide bonds. The Hall–Kier alpha value is -7.42. The molecule has 0 aliphatic carbocycles. The Morgan fingerprint density at radius 2 is 0.821 bits per heavy atom. The van der Waals surface area contributed by atoms with Crippen molar-refractivity contribution in [1.82, 2.24) is 0 Å². The van der Waals surface area contributed by atoms with Crippen molar-refractivity contribution in [3.8, 4) is 33.4 Å². The predicted octanol–water partition coefficient (Wildman–Crippen LogP) is 15.5. The van der Waals surface area contributed by atoms with Crippen molar-refractivity contribution in [3.63, 3.8) is 0 Å². The summed E-state index contributed by atoms with van der Waals surface area (Å²) in [6.45, 7) is 0. The number of benzene rings is 10. The van der Waals surface area contributed by atoms with Crippen molar-refractivity contribution in [3.05, 3.63) is 212 Å². The fraction of sp³-hybridized carbons (Fsp3) is 0. The zero-order valence-electron chi connectivity index (χ0n) is 30.6. The van der Waals surface area contributed by atoms with Gasteiger partial charge < -0.3 is 9.32 Å². The fourth-order valence-corrected chi connectivity index (χ4v) is 8.50. The van der Waals surface area contributed by atoms with Gasteiger partial charge in [-0.3, -0.25) is 0 Å². The Morgan fingerprint density at radius 1 is 0.286 bits per heavy atom. The van der Waals surface area contributed by atoms with E-state index in [1.807, 2.05) is 12.1 Å². The smallest absolute Gasteiger partial charge is 0.135 e. The van der Waals surface area contributed by atoms with Gasteiger partial charge in [-0.05, 0) is 115 Å². The standard InChI is InChI=1S/C54H35NO/c1-3-16-45-38(11-1)13-10-21-46(45)41-15-9-14-39(33-41)36-23-28-43(29-24-36)55(52-35-42-12-2-4-17-47(42)48-18-5-6-19-49(48)52)44-30-25-37(26-31-44)40-27-32-54-51(34-40)50-20-7-8-22-53(50)56-54/h1-35H. The summed E-state index contributed by atoms with van der Waals surface area (Å²) < 4.78 is 6.13. The van der Waals surface area contributed by atoms with Crippen molar-refractivity contribution in [2.75, 3.05) is 4.90 Å². The zero-order valence-corrected chi connectivity index (χ0v) is 30.6. The number of para-hydroxylation sites is 1. The molecule has 0 N–H and O–H groups in total. The molecule has 0 aliphatic rings. The largest absolute Gasteiger partial charge is 0.456 e. The van der Waals surface area contributed by atoms with E-state index in [9.17, 15) is 0 Å². The Labute approximate surface area is 325 Å². The molecule has 0 atom stereocenters. The van der Waals surface area contributed by atoms with Crippen molar-refractivity contribution in [2.24, 2.45) is 0 Å². The highest BCUT2D eigenvalue weighted by atomic mass is 16.3. The van der Waals surface area contributed by atoms with Crippen LogP contribution < -0.4 is 4.90 Å². The van der Waals surface area contributed by atoms with Crippen LogP contribution >= 0.6 is 0 Å². The van der Waals surface area contributed by atoms with Crippen LogP contribution in [0.1, 0.15) is 0 Å². The van der Waals surface area contributed by atoms with Crippen LogP contribution in [0.15, 0.2) is 217 Å². The monoisotopic (exact) mass is 713 g/mol. The molecule has 11 aromatic rings. The van der Waals surface area contributed by atoms with Gasteiger partial charge in [0.1, 0.15) is 11.2 Å². The van der Waals surface area contributed by atoms with E-state index in [2.05, 4.69) is 205 Å². The van der Waals surface area contributed by atoms with E-state index in [4.69, 9.17) is 4.42 Å². The molecule has 0 spiro atoms. The molecule has 11 rings (SSSR count). The van der Waals surface area contributed by atoms with Crippen LogP contribution in [0.25, 0.3) is 87.6 Å². The lowest BCUT2D eigenvalue weighted by Crippen LogP contribution is -2.10. The van der Waals surface area contributed by atoms with Gasteiger partial charge in [0.25, 0.3) is 0 Å². The van der Waals surface area contributed by atoms with Crippen LogP contribution in [0.5, 0.6) is 0 Å².